The third kappa shape index (κ3) is 3.19. The monoisotopic (exact) mass is 251 g/mol. The molecule has 1 saturated heterocycles. The van der Waals surface area contributed by atoms with Crippen LogP contribution in [0.3, 0.4) is 0 Å². The van der Waals surface area contributed by atoms with Crippen molar-refractivity contribution in [1.29, 1.82) is 0 Å². The van der Waals surface area contributed by atoms with Gasteiger partial charge in [0.15, 0.2) is 0 Å². The molecule has 2 rings (SSSR count). The highest BCUT2D eigenvalue weighted by Crippen LogP contribution is 2.24. The number of anilines is 1. The number of aromatic nitrogens is 1. The lowest BCUT2D eigenvalue weighted by atomic mass is 10.00. The molecule has 0 spiro atoms. The molecule has 18 heavy (non-hydrogen) atoms. The molecule has 0 saturated carbocycles. The quantitative estimate of drug-likeness (QED) is 0.891. The Hall–Kier alpha value is -1.16. The molecule has 1 fully saturated rings. The van der Waals surface area contributed by atoms with Gasteiger partial charge in [-0.1, -0.05) is 13.8 Å². The summed E-state index contributed by atoms with van der Waals surface area (Å²) < 4.78 is 13.3. The van der Waals surface area contributed by atoms with Crippen molar-refractivity contribution in [3.63, 3.8) is 0 Å². The molecule has 2 heterocycles. The van der Waals surface area contributed by atoms with Gasteiger partial charge in [-0.3, -0.25) is 0 Å². The van der Waals surface area contributed by atoms with Crippen LogP contribution in [0, 0.1) is 11.7 Å². The van der Waals surface area contributed by atoms with Gasteiger partial charge in [0.2, 0.25) is 0 Å². The van der Waals surface area contributed by atoms with E-state index in [0.717, 1.165) is 31.0 Å². The molecule has 0 aromatic carbocycles. The highest BCUT2D eigenvalue weighted by atomic mass is 19.1. The van der Waals surface area contributed by atoms with E-state index in [1.54, 1.807) is 6.07 Å². The maximum Gasteiger partial charge on any atom is 0.141 e. The predicted octanol–water partition coefficient (Wildman–Crippen LogP) is 2.57. The van der Waals surface area contributed by atoms with Crippen molar-refractivity contribution < 1.29 is 4.39 Å². The summed E-state index contributed by atoms with van der Waals surface area (Å²) in [7, 11) is 0. The first-order valence-electron chi connectivity index (χ1n) is 6.80. The smallest absolute Gasteiger partial charge is 0.141 e. The number of hydrogen-bond donors (Lipinski definition) is 1. The van der Waals surface area contributed by atoms with Crippen LogP contribution in [-0.4, -0.2) is 24.6 Å². The van der Waals surface area contributed by atoms with Gasteiger partial charge in [-0.05, 0) is 31.4 Å². The van der Waals surface area contributed by atoms with Gasteiger partial charge < -0.3 is 10.2 Å². The van der Waals surface area contributed by atoms with Crippen LogP contribution < -0.4 is 10.2 Å². The first-order valence-corrected chi connectivity index (χ1v) is 6.80. The van der Waals surface area contributed by atoms with E-state index in [2.05, 4.69) is 29.0 Å². The highest BCUT2D eigenvalue weighted by Gasteiger charge is 2.20. The summed E-state index contributed by atoms with van der Waals surface area (Å²) in [5, 5.41) is 3.25. The molecule has 1 aliphatic heterocycles. The van der Waals surface area contributed by atoms with Crippen LogP contribution in [0.1, 0.15) is 32.3 Å². The molecule has 1 unspecified atom stereocenters. The van der Waals surface area contributed by atoms with Gasteiger partial charge in [-0.15, -0.1) is 0 Å². The summed E-state index contributed by atoms with van der Waals surface area (Å²) in [6.07, 6.45) is 3.80. The van der Waals surface area contributed by atoms with E-state index < -0.39 is 0 Å². The fourth-order valence-corrected chi connectivity index (χ4v) is 2.53. The third-order valence-electron chi connectivity index (χ3n) is 3.43. The molecule has 1 aromatic rings. The van der Waals surface area contributed by atoms with Gasteiger partial charge in [0, 0.05) is 25.2 Å². The van der Waals surface area contributed by atoms with Crippen molar-refractivity contribution in [2.45, 2.75) is 33.2 Å². The van der Waals surface area contributed by atoms with E-state index in [9.17, 15) is 4.39 Å². The normalized spacial score (nSPS) is 20.2. The largest absolute Gasteiger partial charge is 0.356 e. The average Bonchev–Trinajstić information content (AvgIpc) is 2.36. The van der Waals surface area contributed by atoms with E-state index in [0.29, 0.717) is 12.5 Å². The second-order valence-corrected chi connectivity index (χ2v) is 5.11. The summed E-state index contributed by atoms with van der Waals surface area (Å²) in [6.45, 7) is 7.93. The maximum atomic E-state index is 13.3. The summed E-state index contributed by atoms with van der Waals surface area (Å²) >= 11 is 0. The molecule has 3 nitrogen and oxygen atoms in total. The molecule has 1 atom stereocenters. The van der Waals surface area contributed by atoms with Gasteiger partial charge in [0.1, 0.15) is 11.6 Å². The Kier molecular flexibility index (Phi) is 4.53. The molecule has 1 aliphatic rings. The Labute approximate surface area is 108 Å². The summed E-state index contributed by atoms with van der Waals surface area (Å²) in [6, 6.07) is 1.60. The molecule has 0 bridgehead atoms. The number of piperidine rings is 1. The highest BCUT2D eigenvalue weighted by molar-refractivity contribution is 5.47. The molecule has 0 amide bonds. The average molecular weight is 251 g/mol. The standard InChI is InChI=1S/C14H22FN3/c1-3-16-8-12-7-13(15)9-17-14(12)18-6-4-5-11(2)10-18/h7,9,11,16H,3-6,8,10H2,1-2H3. The minimum Gasteiger partial charge on any atom is -0.356 e. The van der Waals surface area contributed by atoms with Gasteiger partial charge in [0.05, 0.1) is 6.20 Å². The van der Waals surface area contributed by atoms with Gasteiger partial charge in [-0.2, -0.15) is 0 Å². The molecular formula is C14H22FN3. The van der Waals surface area contributed by atoms with Gasteiger partial charge in [0.25, 0.3) is 0 Å². The van der Waals surface area contributed by atoms with Crippen molar-refractivity contribution in [3.05, 3.63) is 23.6 Å². The Bertz CT molecular complexity index is 395. The van der Waals surface area contributed by atoms with Crippen molar-refractivity contribution in [1.82, 2.24) is 10.3 Å². The fraction of sp³-hybridized carbons (Fsp3) is 0.643. The molecule has 0 radical (unpaired) electrons. The van der Waals surface area contributed by atoms with Crippen molar-refractivity contribution in [3.8, 4) is 0 Å². The summed E-state index contributed by atoms with van der Waals surface area (Å²) in [5.74, 6) is 1.39. The van der Waals surface area contributed by atoms with Crippen molar-refractivity contribution >= 4 is 5.82 Å². The lowest BCUT2D eigenvalue weighted by Gasteiger charge is -2.33. The number of pyridine rings is 1. The second kappa shape index (κ2) is 6.14. The van der Waals surface area contributed by atoms with E-state index in [-0.39, 0.29) is 5.82 Å². The summed E-state index contributed by atoms with van der Waals surface area (Å²) in [5.41, 5.74) is 0.964. The Balaban J connectivity index is 2.19. The van der Waals surface area contributed by atoms with Crippen LogP contribution in [-0.2, 0) is 6.54 Å². The first kappa shape index (κ1) is 13.3. The molecule has 1 N–H and O–H groups in total. The zero-order valence-electron chi connectivity index (χ0n) is 11.2. The molecule has 1 aromatic heterocycles. The van der Waals surface area contributed by atoms with Crippen LogP contribution in [0.25, 0.3) is 0 Å². The Morgan fingerprint density at radius 2 is 2.39 bits per heavy atom. The van der Waals surface area contributed by atoms with Crippen LogP contribution in [0.4, 0.5) is 10.2 Å². The Morgan fingerprint density at radius 1 is 1.56 bits per heavy atom. The van der Waals surface area contributed by atoms with Crippen molar-refractivity contribution in [2.24, 2.45) is 5.92 Å². The van der Waals surface area contributed by atoms with Crippen LogP contribution in [0.5, 0.6) is 0 Å². The van der Waals surface area contributed by atoms with E-state index in [4.69, 9.17) is 0 Å². The number of nitrogens with one attached hydrogen (secondary N) is 1. The van der Waals surface area contributed by atoms with Crippen LogP contribution in [0.15, 0.2) is 12.3 Å². The van der Waals surface area contributed by atoms with E-state index >= 15 is 0 Å². The molecule has 0 aliphatic carbocycles. The first-order chi connectivity index (χ1) is 8.70. The lowest BCUT2D eigenvalue weighted by molar-refractivity contribution is 0.443. The van der Waals surface area contributed by atoms with Gasteiger partial charge in [-0.25, -0.2) is 9.37 Å². The zero-order valence-corrected chi connectivity index (χ0v) is 11.2. The topological polar surface area (TPSA) is 28.2 Å². The molecule has 100 valence electrons. The summed E-state index contributed by atoms with van der Waals surface area (Å²) in [4.78, 5) is 6.59. The van der Waals surface area contributed by atoms with Crippen LogP contribution >= 0.6 is 0 Å². The van der Waals surface area contributed by atoms with Gasteiger partial charge >= 0.3 is 0 Å². The minimum absolute atomic E-state index is 0.253. The van der Waals surface area contributed by atoms with E-state index in [1.807, 2.05) is 0 Å². The Morgan fingerprint density at radius 3 is 3.11 bits per heavy atom. The fourth-order valence-electron chi connectivity index (χ4n) is 2.53. The SMILES string of the molecule is CCNCc1cc(F)cnc1N1CCCC(C)C1. The molecule has 4 heteroatoms. The third-order valence-corrected chi connectivity index (χ3v) is 3.43. The second-order valence-electron chi connectivity index (χ2n) is 5.11. The number of hydrogen-bond acceptors (Lipinski definition) is 3. The lowest BCUT2D eigenvalue weighted by Crippen LogP contribution is -2.36. The van der Waals surface area contributed by atoms with Crippen molar-refractivity contribution in [2.75, 3.05) is 24.5 Å². The predicted molar refractivity (Wildman–Crippen MR) is 72.2 cm³/mol. The zero-order chi connectivity index (χ0) is 13.0. The van der Waals surface area contributed by atoms with E-state index in [1.165, 1.54) is 19.0 Å². The molecular weight excluding hydrogens is 229 g/mol. The number of nitrogens with zero attached hydrogens (tertiary/aromatic N) is 2. The number of rotatable bonds is 4. The minimum atomic E-state index is -0.253. The maximum absolute atomic E-state index is 13.3. The number of halogens is 1. The van der Waals surface area contributed by atoms with Crippen LogP contribution in [0.2, 0.25) is 0 Å².